The first kappa shape index (κ1) is 24.2. The van der Waals surface area contributed by atoms with Crippen molar-refractivity contribution in [2.24, 2.45) is 0 Å². The van der Waals surface area contributed by atoms with Gasteiger partial charge in [-0.25, -0.2) is 4.98 Å². The fourth-order valence-corrected chi connectivity index (χ4v) is 3.77. The summed E-state index contributed by atoms with van der Waals surface area (Å²) in [5, 5.41) is 5.63. The maximum Gasteiger partial charge on any atom is 0.270 e. The predicted molar refractivity (Wildman–Crippen MR) is 128 cm³/mol. The third-order valence-electron chi connectivity index (χ3n) is 5.98. The van der Waals surface area contributed by atoms with Crippen LogP contribution in [0.4, 0.5) is 0 Å². The molecule has 1 aromatic heterocycles. The Hall–Kier alpha value is -3.98. The molecule has 0 radical (unpaired) electrons. The van der Waals surface area contributed by atoms with Gasteiger partial charge in [-0.2, -0.15) is 0 Å². The lowest BCUT2D eigenvalue weighted by molar-refractivity contribution is -0.131. The van der Waals surface area contributed by atoms with E-state index in [9.17, 15) is 14.4 Å². The van der Waals surface area contributed by atoms with Crippen LogP contribution in [0.1, 0.15) is 28.5 Å². The number of nitrogens with one attached hydrogen (secondary N) is 3. The molecule has 1 fully saturated rings. The molecule has 0 bridgehead atoms. The van der Waals surface area contributed by atoms with Crippen molar-refractivity contribution in [3.8, 4) is 5.75 Å². The zero-order valence-electron chi connectivity index (χ0n) is 19.6. The van der Waals surface area contributed by atoms with E-state index in [0.29, 0.717) is 18.8 Å². The summed E-state index contributed by atoms with van der Waals surface area (Å²) in [6.45, 7) is 2.03. The fourth-order valence-electron chi connectivity index (χ4n) is 3.77. The van der Waals surface area contributed by atoms with E-state index in [2.05, 4.69) is 20.6 Å². The highest BCUT2D eigenvalue weighted by Crippen LogP contribution is 2.29. The summed E-state index contributed by atoms with van der Waals surface area (Å²) in [4.78, 5) is 46.0. The van der Waals surface area contributed by atoms with Crippen LogP contribution < -0.4 is 15.4 Å². The van der Waals surface area contributed by atoms with Crippen molar-refractivity contribution in [1.82, 2.24) is 20.6 Å². The Morgan fingerprint density at radius 3 is 2.29 bits per heavy atom. The first-order chi connectivity index (χ1) is 16.9. The highest BCUT2D eigenvalue weighted by molar-refractivity contribution is 5.99. The topological polar surface area (TPSA) is 126 Å². The summed E-state index contributed by atoms with van der Waals surface area (Å²) >= 11 is 0. The number of hydrogen-bond acceptors (Lipinski definition) is 6. The van der Waals surface area contributed by atoms with Crippen LogP contribution in [0.2, 0.25) is 0 Å². The maximum absolute atomic E-state index is 13.5. The van der Waals surface area contributed by atoms with Crippen LogP contribution in [0.25, 0.3) is 0 Å². The standard InChI is InChI=1S/C26H28N4O5/c1-26(15-35-26)23(31)20(12-17-6-4-3-5-7-17)29-24(32)21(30-25(33)22-14-27-16-28-22)13-18-8-10-19(34-2)11-9-18/h3-11,14,16,20-21H,12-13,15H2,1-2H3,(H,27,28)(H,29,32)(H,30,33)/t20-,21-,26+/m0/s1. The van der Waals surface area contributed by atoms with Gasteiger partial charge in [0.05, 0.1) is 32.3 Å². The number of ketones is 1. The normalized spacial score (nSPS) is 18.2. The molecule has 35 heavy (non-hydrogen) atoms. The minimum absolute atomic E-state index is 0.196. The predicted octanol–water partition coefficient (Wildman–Crippen LogP) is 1.84. The van der Waals surface area contributed by atoms with Crippen LogP contribution in [0, 0.1) is 0 Å². The van der Waals surface area contributed by atoms with Crippen LogP contribution in [0.3, 0.4) is 0 Å². The van der Waals surface area contributed by atoms with E-state index in [0.717, 1.165) is 11.1 Å². The molecular formula is C26H28N4O5. The highest BCUT2D eigenvalue weighted by Gasteiger charge is 2.50. The average Bonchev–Trinajstić information content (AvgIpc) is 3.39. The molecule has 2 heterocycles. The van der Waals surface area contributed by atoms with Crippen molar-refractivity contribution in [1.29, 1.82) is 0 Å². The van der Waals surface area contributed by atoms with Gasteiger partial charge in [-0.15, -0.1) is 0 Å². The number of rotatable bonds is 11. The molecule has 1 aliphatic rings. The van der Waals surface area contributed by atoms with Gasteiger partial charge in [-0.05, 0) is 36.6 Å². The van der Waals surface area contributed by atoms with Crippen LogP contribution in [0.15, 0.2) is 67.1 Å². The number of methoxy groups -OCH3 is 1. The molecule has 2 amide bonds. The van der Waals surface area contributed by atoms with Crippen molar-refractivity contribution in [2.75, 3.05) is 13.7 Å². The lowest BCUT2D eigenvalue weighted by atomic mass is 9.94. The molecule has 1 aliphatic heterocycles. The van der Waals surface area contributed by atoms with Gasteiger partial charge >= 0.3 is 0 Å². The van der Waals surface area contributed by atoms with E-state index in [4.69, 9.17) is 9.47 Å². The average molecular weight is 477 g/mol. The Morgan fingerprint density at radius 2 is 1.69 bits per heavy atom. The van der Waals surface area contributed by atoms with E-state index >= 15 is 0 Å². The molecule has 2 aromatic carbocycles. The number of nitrogens with zero attached hydrogens (tertiary/aromatic N) is 1. The lowest BCUT2D eigenvalue weighted by Gasteiger charge is -2.24. The number of amides is 2. The number of hydrogen-bond donors (Lipinski definition) is 3. The SMILES string of the molecule is COc1ccc(C[C@H](NC(=O)c2cnc[nH]2)C(=O)N[C@@H](Cc2ccccc2)C(=O)[C@@]2(C)CO2)cc1. The van der Waals surface area contributed by atoms with E-state index < -0.39 is 29.5 Å². The number of carbonyl (C=O) groups is 3. The van der Waals surface area contributed by atoms with E-state index in [-0.39, 0.29) is 17.9 Å². The van der Waals surface area contributed by atoms with Crippen molar-refractivity contribution in [3.05, 3.63) is 83.9 Å². The Morgan fingerprint density at radius 1 is 1.03 bits per heavy atom. The fraction of sp³-hybridized carbons (Fsp3) is 0.308. The van der Waals surface area contributed by atoms with Gasteiger partial charge in [0.1, 0.15) is 23.1 Å². The summed E-state index contributed by atoms with van der Waals surface area (Å²) in [6.07, 6.45) is 3.30. The maximum atomic E-state index is 13.5. The largest absolute Gasteiger partial charge is 0.497 e. The minimum atomic E-state index is -0.932. The molecule has 3 N–H and O–H groups in total. The first-order valence-corrected chi connectivity index (χ1v) is 11.3. The second-order valence-corrected chi connectivity index (χ2v) is 8.68. The quantitative estimate of drug-likeness (QED) is 0.363. The number of aromatic nitrogens is 2. The number of aromatic amines is 1. The van der Waals surface area contributed by atoms with Gasteiger partial charge in [-0.3, -0.25) is 14.4 Å². The Kier molecular flexibility index (Phi) is 7.26. The summed E-state index contributed by atoms with van der Waals surface area (Å²) in [5.74, 6) is -0.452. The summed E-state index contributed by atoms with van der Waals surface area (Å²) in [5.41, 5.74) is 1.05. The van der Waals surface area contributed by atoms with E-state index in [1.807, 2.05) is 42.5 Å². The summed E-state index contributed by atoms with van der Waals surface area (Å²) in [7, 11) is 1.57. The minimum Gasteiger partial charge on any atom is -0.497 e. The summed E-state index contributed by atoms with van der Waals surface area (Å²) in [6, 6.07) is 14.9. The molecule has 0 aliphatic carbocycles. The number of carbonyl (C=O) groups excluding carboxylic acids is 3. The van der Waals surface area contributed by atoms with Crippen molar-refractivity contribution in [2.45, 2.75) is 37.5 Å². The molecule has 0 unspecified atom stereocenters. The smallest absolute Gasteiger partial charge is 0.270 e. The molecule has 1 saturated heterocycles. The van der Waals surface area contributed by atoms with Crippen molar-refractivity contribution < 1.29 is 23.9 Å². The Bertz CT molecular complexity index is 1160. The molecule has 9 nitrogen and oxygen atoms in total. The van der Waals surface area contributed by atoms with Gasteiger partial charge in [0.2, 0.25) is 5.91 Å². The highest BCUT2D eigenvalue weighted by atomic mass is 16.6. The number of H-pyrrole nitrogens is 1. The molecule has 0 spiro atoms. The number of ether oxygens (including phenoxy) is 2. The molecular weight excluding hydrogens is 448 g/mol. The van der Waals surface area contributed by atoms with E-state index in [1.165, 1.54) is 12.5 Å². The van der Waals surface area contributed by atoms with Crippen LogP contribution >= 0.6 is 0 Å². The van der Waals surface area contributed by atoms with Gasteiger partial charge in [0.15, 0.2) is 5.78 Å². The third-order valence-corrected chi connectivity index (χ3v) is 5.98. The third kappa shape index (κ3) is 6.13. The number of epoxide rings is 1. The molecule has 182 valence electrons. The number of Topliss-reactive ketones (excluding diaryl/α,β-unsaturated/α-hetero) is 1. The zero-order valence-corrected chi connectivity index (χ0v) is 19.6. The molecule has 0 saturated carbocycles. The van der Waals surface area contributed by atoms with Crippen molar-refractivity contribution >= 4 is 17.6 Å². The molecule has 9 heteroatoms. The van der Waals surface area contributed by atoms with Gasteiger partial charge in [-0.1, -0.05) is 42.5 Å². The van der Waals surface area contributed by atoms with Crippen LogP contribution in [-0.2, 0) is 27.2 Å². The number of benzene rings is 2. The van der Waals surface area contributed by atoms with Crippen molar-refractivity contribution in [3.63, 3.8) is 0 Å². The van der Waals surface area contributed by atoms with Gasteiger partial charge in [0, 0.05) is 6.42 Å². The first-order valence-electron chi connectivity index (χ1n) is 11.3. The number of imidazole rings is 1. The summed E-state index contributed by atoms with van der Waals surface area (Å²) < 4.78 is 10.6. The molecule has 3 aromatic rings. The second kappa shape index (κ2) is 10.5. The lowest BCUT2D eigenvalue weighted by Crippen LogP contribution is -2.54. The Labute approximate surface area is 203 Å². The monoisotopic (exact) mass is 476 g/mol. The van der Waals surface area contributed by atoms with E-state index in [1.54, 1.807) is 26.2 Å². The van der Waals surface area contributed by atoms with Crippen LogP contribution in [0.5, 0.6) is 5.75 Å². The van der Waals surface area contributed by atoms with Gasteiger partial charge in [0.25, 0.3) is 5.91 Å². The molecule has 3 atom stereocenters. The second-order valence-electron chi connectivity index (χ2n) is 8.68. The Balaban J connectivity index is 1.54. The zero-order chi connectivity index (χ0) is 24.8. The van der Waals surface area contributed by atoms with Crippen LogP contribution in [-0.4, -0.2) is 59.0 Å². The molecule has 4 rings (SSSR count). The van der Waals surface area contributed by atoms with Gasteiger partial charge < -0.3 is 25.1 Å².